The summed E-state index contributed by atoms with van der Waals surface area (Å²) in [7, 11) is 1.89. The number of carbonyl (C=O) groups is 2. The second-order valence-electron chi connectivity index (χ2n) is 6.06. The van der Waals surface area contributed by atoms with E-state index in [2.05, 4.69) is 0 Å². The summed E-state index contributed by atoms with van der Waals surface area (Å²) >= 11 is 0. The lowest BCUT2D eigenvalue weighted by Gasteiger charge is -2.06. The average molecular weight is 351 g/mol. The second kappa shape index (κ2) is 7.44. The zero-order chi connectivity index (χ0) is 18.7. The van der Waals surface area contributed by atoms with Gasteiger partial charge in [-0.25, -0.2) is 4.79 Å². The number of aryl methyl sites for hydroxylation is 1. The molecule has 0 unspecified atom stereocenters. The third-order valence-corrected chi connectivity index (χ3v) is 4.37. The molecule has 0 aliphatic carbocycles. The molecule has 0 bridgehead atoms. The lowest BCUT2D eigenvalue weighted by atomic mass is 10.1. The summed E-state index contributed by atoms with van der Waals surface area (Å²) in [6, 6.07) is 14.7. The van der Waals surface area contributed by atoms with Crippen molar-refractivity contribution in [3.8, 4) is 5.75 Å². The standard InChI is InChI=1S/C21H21NO4/c1-4-25-21(24)20-14(2)22(3)18-11-10-16(13-17(18)20)26-19(23)12-15-8-6-5-7-9-15/h5-11,13H,4,12H2,1-3H3. The Bertz CT molecular complexity index is 957. The number of hydrogen-bond donors (Lipinski definition) is 0. The van der Waals surface area contributed by atoms with Crippen LogP contribution < -0.4 is 4.74 Å². The van der Waals surface area contributed by atoms with Crippen LogP contribution in [0.15, 0.2) is 48.5 Å². The molecule has 5 heteroatoms. The van der Waals surface area contributed by atoms with Crippen molar-refractivity contribution in [2.24, 2.45) is 7.05 Å². The molecule has 0 atom stereocenters. The topological polar surface area (TPSA) is 57.5 Å². The van der Waals surface area contributed by atoms with E-state index in [0.717, 1.165) is 16.8 Å². The zero-order valence-electron chi connectivity index (χ0n) is 15.1. The molecule has 5 nitrogen and oxygen atoms in total. The summed E-state index contributed by atoms with van der Waals surface area (Å²) in [6.07, 6.45) is 0.192. The van der Waals surface area contributed by atoms with Gasteiger partial charge in [-0.2, -0.15) is 0 Å². The first kappa shape index (κ1) is 17.7. The summed E-state index contributed by atoms with van der Waals surface area (Å²) in [6.45, 7) is 3.95. The minimum Gasteiger partial charge on any atom is -0.462 e. The summed E-state index contributed by atoms with van der Waals surface area (Å²) in [4.78, 5) is 24.5. The van der Waals surface area contributed by atoms with Gasteiger partial charge in [0.25, 0.3) is 0 Å². The van der Waals surface area contributed by atoms with Crippen LogP contribution in [-0.2, 0) is 23.0 Å². The van der Waals surface area contributed by atoms with Crippen molar-refractivity contribution < 1.29 is 19.1 Å². The monoisotopic (exact) mass is 351 g/mol. The van der Waals surface area contributed by atoms with E-state index in [1.165, 1.54) is 0 Å². The highest BCUT2D eigenvalue weighted by Crippen LogP contribution is 2.29. The highest BCUT2D eigenvalue weighted by molar-refractivity contribution is 6.06. The molecule has 26 heavy (non-hydrogen) atoms. The Hall–Kier alpha value is -3.08. The van der Waals surface area contributed by atoms with Crippen molar-refractivity contribution in [1.82, 2.24) is 4.57 Å². The van der Waals surface area contributed by atoms with Gasteiger partial charge in [-0.15, -0.1) is 0 Å². The molecule has 0 aliphatic rings. The summed E-state index contributed by atoms with van der Waals surface area (Å²) < 4.78 is 12.6. The van der Waals surface area contributed by atoms with Crippen molar-refractivity contribution in [1.29, 1.82) is 0 Å². The van der Waals surface area contributed by atoms with Crippen LogP contribution in [0.2, 0.25) is 0 Å². The SMILES string of the molecule is CCOC(=O)c1c(C)n(C)c2ccc(OC(=O)Cc3ccccc3)cc12. The molecule has 0 N–H and O–H groups in total. The predicted molar refractivity (Wildman–Crippen MR) is 99.4 cm³/mol. The fourth-order valence-corrected chi connectivity index (χ4v) is 3.01. The second-order valence-corrected chi connectivity index (χ2v) is 6.06. The van der Waals surface area contributed by atoms with E-state index in [0.29, 0.717) is 23.3 Å². The van der Waals surface area contributed by atoms with Gasteiger partial charge >= 0.3 is 11.9 Å². The summed E-state index contributed by atoms with van der Waals surface area (Å²) in [5, 5.41) is 0.716. The van der Waals surface area contributed by atoms with E-state index in [-0.39, 0.29) is 18.4 Å². The van der Waals surface area contributed by atoms with E-state index in [1.54, 1.807) is 19.1 Å². The van der Waals surface area contributed by atoms with Crippen molar-refractivity contribution in [3.05, 3.63) is 65.4 Å². The Labute approximate surface area is 152 Å². The van der Waals surface area contributed by atoms with E-state index in [4.69, 9.17) is 9.47 Å². The van der Waals surface area contributed by atoms with E-state index < -0.39 is 0 Å². The van der Waals surface area contributed by atoms with Crippen molar-refractivity contribution in [3.63, 3.8) is 0 Å². The molecule has 0 amide bonds. The molecule has 0 saturated carbocycles. The molecule has 1 aromatic heterocycles. The van der Waals surface area contributed by atoms with E-state index >= 15 is 0 Å². The molecule has 0 fully saturated rings. The Morgan fingerprint density at radius 2 is 1.81 bits per heavy atom. The lowest BCUT2D eigenvalue weighted by molar-refractivity contribution is -0.133. The van der Waals surface area contributed by atoms with Gasteiger partial charge in [-0.1, -0.05) is 30.3 Å². The van der Waals surface area contributed by atoms with Gasteiger partial charge < -0.3 is 14.0 Å². The molecule has 3 aromatic rings. The molecule has 0 aliphatic heterocycles. The van der Waals surface area contributed by atoms with Crippen LogP contribution in [0.5, 0.6) is 5.75 Å². The zero-order valence-corrected chi connectivity index (χ0v) is 15.1. The number of hydrogen-bond acceptors (Lipinski definition) is 4. The number of fused-ring (bicyclic) bond motifs is 1. The van der Waals surface area contributed by atoms with Crippen LogP contribution >= 0.6 is 0 Å². The smallest absolute Gasteiger partial charge is 0.340 e. The van der Waals surface area contributed by atoms with Gasteiger partial charge in [0.2, 0.25) is 0 Å². The van der Waals surface area contributed by atoms with Gasteiger partial charge in [-0.3, -0.25) is 4.79 Å². The first-order valence-corrected chi connectivity index (χ1v) is 8.52. The molecular formula is C21H21NO4. The maximum absolute atomic E-state index is 12.3. The van der Waals surface area contributed by atoms with Crippen LogP contribution in [0.1, 0.15) is 28.5 Å². The van der Waals surface area contributed by atoms with Gasteiger partial charge in [0.1, 0.15) is 5.75 Å². The Morgan fingerprint density at radius 1 is 1.08 bits per heavy atom. The van der Waals surface area contributed by atoms with Crippen molar-refractivity contribution in [2.75, 3.05) is 6.61 Å². The molecular weight excluding hydrogens is 330 g/mol. The van der Waals surface area contributed by atoms with Crippen LogP contribution in [-0.4, -0.2) is 23.1 Å². The third-order valence-electron chi connectivity index (χ3n) is 4.37. The Kier molecular flexibility index (Phi) is 5.07. The number of carbonyl (C=O) groups excluding carboxylic acids is 2. The number of aromatic nitrogens is 1. The maximum atomic E-state index is 12.3. The normalized spacial score (nSPS) is 10.7. The highest BCUT2D eigenvalue weighted by Gasteiger charge is 2.20. The lowest BCUT2D eigenvalue weighted by Crippen LogP contribution is -2.11. The largest absolute Gasteiger partial charge is 0.462 e. The van der Waals surface area contributed by atoms with Gasteiger partial charge in [-0.05, 0) is 37.6 Å². The number of esters is 2. The van der Waals surface area contributed by atoms with Crippen LogP contribution in [0.4, 0.5) is 0 Å². The average Bonchev–Trinajstić information content (AvgIpc) is 2.86. The summed E-state index contributed by atoms with van der Waals surface area (Å²) in [5.41, 5.74) is 3.09. The predicted octanol–water partition coefficient (Wildman–Crippen LogP) is 3.81. The molecule has 3 rings (SSSR count). The Morgan fingerprint density at radius 3 is 2.50 bits per heavy atom. The molecule has 0 spiro atoms. The first-order valence-electron chi connectivity index (χ1n) is 8.52. The number of benzene rings is 2. The number of ether oxygens (including phenoxy) is 2. The van der Waals surface area contributed by atoms with E-state index in [9.17, 15) is 9.59 Å². The fraction of sp³-hybridized carbons (Fsp3) is 0.238. The van der Waals surface area contributed by atoms with E-state index in [1.807, 2.05) is 54.9 Å². The van der Waals surface area contributed by atoms with Gasteiger partial charge in [0, 0.05) is 23.6 Å². The minimum atomic E-state index is -0.372. The molecule has 0 saturated heterocycles. The quantitative estimate of drug-likeness (QED) is 0.518. The molecule has 0 radical (unpaired) electrons. The minimum absolute atomic E-state index is 0.192. The highest BCUT2D eigenvalue weighted by atomic mass is 16.5. The fourth-order valence-electron chi connectivity index (χ4n) is 3.01. The van der Waals surface area contributed by atoms with Crippen molar-refractivity contribution >= 4 is 22.8 Å². The number of nitrogens with zero attached hydrogens (tertiary/aromatic N) is 1. The molecule has 1 heterocycles. The van der Waals surface area contributed by atoms with Crippen LogP contribution in [0.25, 0.3) is 10.9 Å². The number of rotatable bonds is 5. The Balaban J connectivity index is 1.89. The van der Waals surface area contributed by atoms with Gasteiger partial charge in [0.15, 0.2) is 0 Å². The van der Waals surface area contributed by atoms with Crippen LogP contribution in [0.3, 0.4) is 0 Å². The summed E-state index contributed by atoms with van der Waals surface area (Å²) in [5.74, 6) is -0.307. The first-order chi connectivity index (χ1) is 12.5. The molecule has 134 valence electrons. The van der Waals surface area contributed by atoms with Gasteiger partial charge in [0.05, 0.1) is 18.6 Å². The van der Waals surface area contributed by atoms with Crippen molar-refractivity contribution in [2.45, 2.75) is 20.3 Å². The third kappa shape index (κ3) is 3.47. The maximum Gasteiger partial charge on any atom is 0.340 e. The van der Waals surface area contributed by atoms with Crippen LogP contribution in [0, 0.1) is 6.92 Å². The molecule has 2 aromatic carbocycles.